The number of ether oxygens (including phenoxy) is 2. The van der Waals surface area contributed by atoms with Crippen LogP contribution in [-0.2, 0) is 14.3 Å². The first-order valence-corrected chi connectivity index (χ1v) is 12.1. The van der Waals surface area contributed by atoms with Crippen LogP contribution in [0.15, 0.2) is 83.5 Å². The van der Waals surface area contributed by atoms with Crippen molar-refractivity contribution in [3.05, 3.63) is 94.7 Å². The van der Waals surface area contributed by atoms with Gasteiger partial charge in [0.2, 0.25) is 0 Å². The van der Waals surface area contributed by atoms with Crippen molar-refractivity contribution in [2.45, 2.75) is 13.3 Å². The summed E-state index contributed by atoms with van der Waals surface area (Å²) in [6, 6.07) is 19.2. The molecule has 0 fully saturated rings. The van der Waals surface area contributed by atoms with Crippen LogP contribution in [0.1, 0.15) is 34.1 Å². The van der Waals surface area contributed by atoms with Gasteiger partial charge in [-0.2, -0.15) is 0 Å². The van der Waals surface area contributed by atoms with E-state index in [9.17, 15) is 19.2 Å². The molecule has 38 heavy (non-hydrogen) atoms. The van der Waals surface area contributed by atoms with Gasteiger partial charge in [0, 0.05) is 11.3 Å². The van der Waals surface area contributed by atoms with E-state index in [0.717, 1.165) is 4.90 Å². The number of carbonyl (C=O) groups excluding carboxylic acids is 4. The van der Waals surface area contributed by atoms with E-state index in [-0.39, 0.29) is 22.3 Å². The number of nitrogens with one attached hydrogen (secondary N) is 2. The van der Waals surface area contributed by atoms with Crippen molar-refractivity contribution < 1.29 is 28.7 Å². The molecule has 0 bridgehead atoms. The minimum absolute atomic E-state index is 0.102. The van der Waals surface area contributed by atoms with Crippen LogP contribution in [-0.4, -0.2) is 37.4 Å². The van der Waals surface area contributed by atoms with Gasteiger partial charge in [0.25, 0.3) is 17.7 Å². The standard InChI is InChI=1S/C28H24ClN3O6/c1-3-16-38-28(36)18-10-14-20(15-11-18)32-26(34)23(29)24(27(32)35)30-19-12-8-17(9-13-19)25(33)31-21-6-4-5-7-22(21)37-2/h4-15,30H,3,16H2,1-2H3,(H,31,33). The van der Waals surface area contributed by atoms with Crippen LogP contribution in [0.4, 0.5) is 17.1 Å². The normalized spacial score (nSPS) is 13.0. The molecule has 194 valence electrons. The highest BCUT2D eigenvalue weighted by atomic mass is 35.5. The number of hydrogen-bond acceptors (Lipinski definition) is 7. The molecule has 0 spiro atoms. The number of esters is 1. The molecule has 2 N–H and O–H groups in total. The third kappa shape index (κ3) is 5.52. The molecular formula is C28H24ClN3O6. The SMILES string of the molecule is CCCOC(=O)c1ccc(N2C(=O)C(Cl)=C(Nc3ccc(C(=O)Nc4ccccc4OC)cc3)C2=O)cc1. The molecule has 1 heterocycles. The fourth-order valence-corrected chi connectivity index (χ4v) is 3.87. The Morgan fingerprint density at radius 3 is 2.21 bits per heavy atom. The van der Waals surface area contributed by atoms with Crippen molar-refractivity contribution in [3.63, 3.8) is 0 Å². The minimum atomic E-state index is -0.701. The molecule has 0 saturated heterocycles. The lowest BCUT2D eigenvalue weighted by atomic mass is 10.1. The second-order valence-corrected chi connectivity index (χ2v) is 8.55. The topological polar surface area (TPSA) is 114 Å². The summed E-state index contributed by atoms with van der Waals surface area (Å²) in [4.78, 5) is 51.4. The molecule has 0 atom stereocenters. The zero-order valence-electron chi connectivity index (χ0n) is 20.6. The van der Waals surface area contributed by atoms with E-state index in [1.165, 1.54) is 31.4 Å². The summed E-state index contributed by atoms with van der Waals surface area (Å²) in [5.41, 5.74) is 1.80. The predicted octanol–water partition coefficient (Wildman–Crippen LogP) is 4.95. The molecule has 0 unspecified atom stereocenters. The largest absolute Gasteiger partial charge is 0.495 e. The average molecular weight is 534 g/mol. The fourth-order valence-electron chi connectivity index (χ4n) is 3.66. The first-order valence-electron chi connectivity index (χ1n) is 11.7. The van der Waals surface area contributed by atoms with Crippen LogP contribution in [0.5, 0.6) is 5.75 Å². The third-order valence-electron chi connectivity index (χ3n) is 5.60. The van der Waals surface area contributed by atoms with E-state index in [0.29, 0.717) is 41.3 Å². The molecule has 1 aliphatic rings. The van der Waals surface area contributed by atoms with Gasteiger partial charge in [0.15, 0.2) is 0 Å². The zero-order chi connectivity index (χ0) is 27.2. The number of anilines is 3. The quantitative estimate of drug-likeness (QED) is 0.295. The van der Waals surface area contributed by atoms with E-state index in [1.54, 1.807) is 48.5 Å². The zero-order valence-corrected chi connectivity index (χ0v) is 21.4. The van der Waals surface area contributed by atoms with Gasteiger partial charge in [0.05, 0.1) is 30.7 Å². The van der Waals surface area contributed by atoms with Gasteiger partial charge < -0.3 is 20.1 Å². The third-order valence-corrected chi connectivity index (χ3v) is 5.95. The van der Waals surface area contributed by atoms with Crippen LogP contribution in [0.2, 0.25) is 0 Å². The van der Waals surface area contributed by atoms with E-state index in [2.05, 4.69) is 10.6 Å². The molecule has 3 aromatic rings. The molecule has 0 radical (unpaired) electrons. The predicted molar refractivity (Wildman–Crippen MR) is 143 cm³/mol. The molecule has 3 aromatic carbocycles. The Morgan fingerprint density at radius 1 is 0.895 bits per heavy atom. The number of imide groups is 1. The number of para-hydroxylation sites is 2. The average Bonchev–Trinajstić information content (AvgIpc) is 3.15. The van der Waals surface area contributed by atoms with Gasteiger partial charge in [-0.25, -0.2) is 9.69 Å². The first kappa shape index (κ1) is 26.4. The highest BCUT2D eigenvalue weighted by molar-refractivity contribution is 6.53. The van der Waals surface area contributed by atoms with E-state index >= 15 is 0 Å². The molecule has 0 aliphatic carbocycles. The van der Waals surface area contributed by atoms with Gasteiger partial charge in [-0.15, -0.1) is 0 Å². The van der Waals surface area contributed by atoms with Crippen molar-refractivity contribution in [1.82, 2.24) is 0 Å². The first-order chi connectivity index (χ1) is 18.3. The Labute approximate surface area is 224 Å². The summed E-state index contributed by atoms with van der Waals surface area (Å²) in [6.07, 6.45) is 0.694. The van der Waals surface area contributed by atoms with Gasteiger partial charge >= 0.3 is 5.97 Å². The summed E-state index contributed by atoms with van der Waals surface area (Å²) in [7, 11) is 1.51. The summed E-state index contributed by atoms with van der Waals surface area (Å²) in [6.45, 7) is 2.18. The molecule has 0 aromatic heterocycles. The summed E-state index contributed by atoms with van der Waals surface area (Å²) in [5, 5.41) is 5.37. The lowest BCUT2D eigenvalue weighted by Gasteiger charge is -2.15. The number of benzene rings is 3. The van der Waals surface area contributed by atoms with E-state index < -0.39 is 17.8 Å². The van der Waals surface area contributed by atoms with E-state index in [1.807, 2.05) is 6.92 Å². The molecule has 1 aliphatic heterocycles. The fraction of sp³-hybridized carbons (Fsp3) is 0.143. The number of methoxy groups -OCH3 is 1. The lowest BCUT2D eigenvalue weighted by molar-refractivity contribution is -0.120. The van der Waals surface area contributed by atoms with Crippen LogP contribution in [0.3, 0.4) is 0 Å². The monoisotopic (exact) mass is 533 g/mol. The Bertz CT molecular complexity index is 1420. The van der Waals surface area contributed by atoms with Crippen molar-refractivity contribution in [1.29, 1.82) is 0 Å². The van der Waals surface area contributed by atoms with Crippen molar-refractivity contribution >= 4 is 52.4 Å². The highest BCUT2D eigenvalue weighted by Crippen LogP contribution is 2.30. The number of hydrogen-bond donors (Lipinski definition) is 2. The number of nitrogens with zero attached hydrogens (tertiary/aromatic N) is 1. The molecule has 9 nitrogen and oxygen atoms in total. The maximum absolute atomic E-state index is 13.1. The summed E-state index contributed by atoms with van der Waals surface area (Å²) < 4.78 is 10.3. The summed E-state index contributed by atoms with van der Waals surface area (Å²) >= 11 is 6.21. The molecule has 10 heteroatoms. The minimum Gasteiger partial charge on any atom is -0.495 e. The molecule has 3 amide bonds. The van der Waals surface area contributed by atoms with Crippen LogP contribution < -0.4 is 20.3 Å². The Balaban J connectivity index is 1.44. The number of rotatable bonds is 9. The van der Waals surface area contributed by atoms with Crippen molar-refractivity contribution in [2.24, 2.45) is 0 Å². The number of amides is 3. The van der Waals surface area contributed by atoms with Gasteiger partial charge in [-0.3, -0.25) is 14.4 Å². The maximum Gasteiger partial charge on any atom is 0.338 e. The lowest BCUT2D eigenvalue weighted by Crippen LogP contribution is -2.32. The molecular weight excluding hydrogens is 510 g/mol. The Kier molecular flexibility index (Phi) is 8.08. The Hall–Kier alpha value is -4.63. The Morgan fingerprint density at radius 2 is 1.55 bits per heavy atom. The summed E-state index contributed by atoms with van der Waals surface area (Å²) in [5.74, 6) is -1.66. The van der Waals surface area contributed by atoms with Gasteiger partial charge in [-0.05, 0) is 67.1 Å². The highest BCUT2D eigenvalue weighted by Gasteiger charge is 2.39. The van der Waals surface area contributed by atoms with Crippen LogP contribution in [0, 0.1) is 0 Å². The van der Waals surface area contributed by atoms with Crippen LogP contribution in [0.25, 0.3) is 0 Å². The van der Waals surface area contributed by atoms with Crippen molar-refractivity contribution in [2.75, 3.05) is 29.3 Å². The maximum atomic E-state index is 13.1. The van der Waals surface area contributed by atoms with Gasteiger partial charge in [-0.1, -0.05) is 30.7 Å². The second kappa shape index (κ2) is 11.6. The van der Waals surface area contributed by atoms with Gasteiger partial charge in [0.1, 0.15) is 16.5 Å². The number of halogens is 1. The smallest absolute Gasteiger partial charge is 0.338 e. The van der Waals surface area contributed by atoms with E-state index in [4.69, 9.17) is 21.1 Å². The number of carbonyl (C=O) groups is 4. The van der Waals surface area contributed by atoms with Crippen LogP contribution >= 0.6 is 11.6 Å². The molecule has 0 saturated carbocycles. The molecule has 4 rings (SSSR count). The van der Waals surface area contributed by atoms with Crippen molar-refractivity contribution in [3.8, 4) is 5.75 Å². The second-order valence-electron chi connectivity index (χ2n) is 8.17.